The molecule has 1 aliphatic carbocycles. The number of allylic oxidation sites excluding steroid dienone is 5. The van der Waals surface area contributed by atoms with Crippen molar-refractivity contribution in [2.75, 3.05) is 0 Å². The van der Waals surface area contributed by atoms with Crippen LogP contribution in [-0.4, -0.2) is 0 Å². The average molecular weight is 819 g/mol. The lowest BCUT2D eigenvalue weighted by atomic mass is 9.81. The zero-order valence-corrected chi connectivity index (χ0v) is 39.4. The number of aryl methyl sites for hydroxylation is 4. The molecule has 0 saturated carbocycles. The van der Waals surface area contributed by atoms with Gasteiger partial charge in [0.25, 0.3) is 0 Å². The molecule has 0 fully saturated rings. The van der Waals surface area contributed by atoms with Gasteiger partial charge in [0, 0.05) is 25.6 Å². The molecule has 0 bridgehead atoms. The SMILES string of the molecule is C=C/C=C\C(C)=C(C)C.CC(C)c1ccccc1.CCc1ccc2sc3ccccc3c2c1.Cc1ccc2c(c1)C(C)(C)c1cc(C)c3ccccc3c1-2.Cc1ccccc1. The first-order valence-corrected chi connectivity index (χ1v) is 22.6. The largest absolute Gasteiger partial charge is 0.135 e. The van der Waals surface area contributed by atoms with Crippen molar-refractivity contribution in [1.29, 1.82) is 0 Å². The first kappa shape index (κ1) is 46.3. The lowest BCUT2D eigenvalue weighted by molar-refractivity contribution is 0.659. The van der Waals surface area contributed by atoms with Crippen LogP contribution in [0.1, 0.15) is 100 Å². The van der Waals surface area contributed by atoms with Gasteiger partial charge >= 0.3 is 0 Å². The van der Waals surface area contributed by atoms with Crippen molar-refractivity contribution in [3.63, 3.8) is 0 Å². The molecule has 0 amide bonds. The molecule has 1 aliphatic rings. The predicted molar refractivity (Wildman–Crippen MR) is 275 cm³/mol. The van der Waals surface area contributed by atoms with E-state index in [0.29, 0.717) is 5.92 Å². The maximum atomic E-state index is 3.58. The molecule has 0 unspecified atom stereocenters. The Balaban J connectivity index is 0.000000154. The van der Waals surface area contributed by atoms with E-state index in [-0.39, 0.29) is 5.41 Å². The van der Waals surface area contributed by atoms with E-state index in [1.165, 1.54) is 92.2 Å². The third-order valence-electron chi connectivity index (χ3n) is 11.6. The lowest BCUT2D eigenvalue weighted by Crippen LogP contribution is -2.15. The normalized spacial score (nSPS) is 11.9. The van der Waals surface area contributed by atoms with Crippen molar-refractivity contribution in [1.82, 2.24) is 0 Å². The Bertz CT molecular complexity index is 2730. The van der Waals surface area contributed by atoms with Gasteiger partial charge in [-0.3, -0.25) is 0 Å². The molecule has 0 N–H and O–H groups in total. The molecule has 1 aromatic heterocycles. The second-order valence-corrected chi connectivity index (χ2v) is 18.2. The van der Waals surface area contributed by atoms with E-state index in [4.69, 9.17) is 0 Å². The van der Waals surface area contributed by atoms with Crippen LogP contribution in [0, 0.1) is 20.8 Å². The van der Waals surface area contributed by atoms with E-state index >= 15 is 0 Å². The van der Waals surface area contributed by atoms with Crippen molar-refractivity contribution < 1.29 is 0 Å². The smallest absolute Gasteiger partial charge is 0.0355 e. The number of rotatable bonds is 4. The molecule has 1 heterocycles. The number of hydrogen-bond donors (Lipinski definition) is 0. The molecular formula is C60H66S. The fraction of sp³-hybridized carbons (Fsp3) is 0.233. The summed E-state index contributed by atoms with van der Waals surface area (Å²) in [6.07, 6.45) is 6.90. The molecule has 0 spiro atoms. The number of hydrogen-bond acceptors (Lipinski definition) is 1. The van der Waals surface area contributed by atoms with Crippen molar-refractivity contribution in [2.24, 2.45) is 0 Å². The molecule has 0 saturated heterocycles. The van der Waals surface area contributed by atoms with Crippen molar-refractivity contribution in [3.8, 4) is 11.1 Å². The third-order valence-corrected chi connectivity index (χ3v) is 12.7. The maximum Gasteiger partial charge on any atom is 0.0355 e. The average Bonchev–Trinajstić information content (AvgIpc) is 3.75. The van der Waals surface area contributed by atoms with Gasteiger partial charge in [-0.05, 0) is 122 Å². The summed E-state index contributed by atoms with van der Waals surface area (Å²) in [6.45, 7) is 27.7. The van der Waals surface area contributed by atoms with Gasteiger partial charge in [0.15, 0.2) is 0 Å². The second-order valence-electron chi connectivity index (χ2n) is 17.1. The lowest BCUT2D eigenvalue weighted by Gasteiger charge is -2.22. The van der Waals surface area contributed by atoms with Gasteiger partial charge in [0.05, 0.1) is 0 Å². The molecule has 0 atom stereocenters. The van der Waals surface area contributed by atoms with Gasteiger partial charge in [-0.25, -0.2) is 0 Å². The zero-order chi connectivity index (χ0) is 44.1. The molecule has 1 heteroatoms. The molecule has 312 valence electrons. The van der Waals surface area contributed by atoms with Crippen LogP contribution in [0.4, 0.5) is 0 Å². The number of thiophene rings is 1. The minimum Gasteiger partial charge on any atom is -0.135 e. The molecule has 8 aromatic rings. The van der Waals surface area contributed by atoms with E-state index in [9.17, 15) is 0 Å². The minimum atomic E-state index is 0.0888. The van der Waals surface area contributed by atoms with Gasteiger partial charge in [0.1, 0.15) is 0 Å². The standard InChI is InChI=1S/C21H20.C14H12S.C9H12.C9H14.C7H8/c1-13-9-10-17-18(11-13)21(3,4)19-12-14(2)15-7-5-6-8-16(15)20(17)19;1-2-10-7-8-14-12(9-10)11-5-3-4-6-13(11)15-14;1-8(2)9-6-4-3-5-7-9;1-5-6-7-9(4)8(2)3;1-7-5-3-2-4-6-7/h5-12H,1-4H3;3-9H,2H2,1H3;3-8H,1-2H3;5-7H,1H2,2-4H3;2-6H,1H3/b;;;7-6-;. The van der Waals surface area contributed by atoms with Crippen LogP contribution in [0.5, 0.6) is 0 Å². The number of fused-ring (bicyclic) bond motifs is 8. The Morgan fingerprint density at radius 3 is 1.77 bits per heavy atom. The van der Waals surface area contributed by atoms with Crippen LogP contribution in [-0.2, 0) is 11.8 Å². The van der Waals surface area contributed by atoms with Gasteiger partial charge < -0.3 is 0 Å². The molecule has 0 aliphatic heterocycles. The summed E-state index contributed by atoms with van der Waals surface area (Å²) in [5.74, 6) is 0.659. The van der Waals surface area contributed by atoms with Crippen LogP contribution >= 0.6 is 11.3 Å². The summed E-state index contributed by atoms with van der Waals surface area (Å²) in [7, 11) is 0. The highest BCUT2D eigenvalue weighted by molar-refractivity contribution is 7.25. The van der Waals surface area contributed by atoms with Crippen molar-refractivity contribution in [2.45, 2.75) is 93.9 Å². The summed E-state index contributed by atoms with van der Waals surface area (Å²) in [5.41, 5.74) is 15.4. The Morgan fingerprint density at radius 2 is 1.20 bits per heavy atom. The Morgan fingerprint density at radius 1 is 0.607 bits per heavy atom. The van der Waals surface area contributed by atoms with Crippen LogP contribution in [0.2, 0.25) is 0 Å². The zero-order valence-electron chi connectivity index (χ0n) is 38.6. The van der Waals surface area contributed by atoms with Crippen LogP contribution in [0.25, 0.3) is 42.1 Å². The van der Waals surface area contributed by atoms with Crippen LogP contribution < -0.4 is 0 Å². The van der Waals surface area contributed by atoms with Crippen LogP contribution in [0.15, 0.2) is 188 Å². The van der Waals surface area contributed by atoms with E-state index in [2.05, 4.69) is 216 Å². The fourth-order valence-electron chi connectivity index (χ4n) is 7.62. The fourth-order valence-corrected chi connectivity index (χ4v) is 8.71. The molecule has 0 nitrogen and oxygen atoms in total. The van der Waals surface area contributed by atoms with Gasteiger partial charge in [0.2, 0.25) is 0 Å². The van der Waals surface area contributed by atoms with Gasteiger partial charge in [-0.1, -0.05) is 215 Å². The highest BCUT2D eigenvalue weighted by Gasteiger charge is 2.36. The second kappa shape index (κ2) is 21.7. The van der Waals surface area contributed by atoms with E-state index in [1.807, 2.05) is 41.7 Å². The summed E-state index contributed by atoms with van der Waals surface area (Å²) in [5, 5.41) is 5.58. The maximum absolute atomic E-state index is 3.58. The minimum absolute atomic E-state index is 0.0888. The Kier molecular flexibility index (Phi) is 16.4. The first-order valence-electron chi connectivity index (χ1n) is 21.8. The van der Waals surface area contributed by atoms with Crippen molar-refractivity contribution >= 4 is 42.3 Å². The summed E-state index contributed by atoms with van der Waals surface area (Å²) >= 11 is 1.88. The molecule has 0 radical (unpaired) electrons. The highest BCUT2D eigenvalue weighted by atomic mass is 32.1. The third kappa shape index (κ3) is 11.7. The highest BCUT2D eigenvalue weighted by Crippen LogP contribution is 2.52. The number of benzene rings is 7. The summed E-state index contributed by atoms with van der Waals surface area (Å²) in [6, 6.07) is 54.3. The predicted octanol–water partition coefficient (Wildman–Crippen LogP) is 18.3. The topological polar surface area (TPSA) is 0 Å². The molecule has 9 rings (SSSR count). The summed E-state index contributed by atoms with van der Waals surface area (Å²) in [4.78, 5) is 0. The summed E-state index contributed by atoms with van der Waals surface area (Å²) < 4.78 is 2.79. The molecule has 7 aromatic carbocycles. The Hall–Kier alpha value is -5.76. The molecular weight excluding hydrogens is 753 g/mol. The van der Waals surface area contributed by atoms with Crippen LogP contribution in [0.3, 0.4) is 0 Å². The van der Waals surface area contributed by atoms with E-state index in [0.717, 1.165) is 6.42 Å². The first-order chi connectivity index (χ1) is 29.3. The van der Waals surface area contributed by atoms with E-state index < -0.39 is 0 Å². The monoisotopic (exact) mass is 818 g/mol. The van der Waals surface area contributed by atoms with Gasteiger partial charge in [-0.15, -0.1) is 11.3 Å². The molecule has 61 heavy (non-hydrogen) atoms. The van der Waals surface area contributed by atoms with E-state index in [1.54, 1.807) is 6.08 Å². The Labute approximate surface area is 372 Å². The quantitative estimate of drug-likeness (QED) is 0.155. The van der Waals surface area contributed by atoms with Gasteiger partial charge in [-0.2, -0.15) is 0 Å². The van der Waals surface area contributed by atoms with Crippen molar-refractivity contribution in [3.05, 3.63) is 227 Å².